The lowest BCUT2D eigenvalue weighted by atomic mass is 10.0. The van der Waals surface area contributed by atoms with Crippen molar-refractivity contribution in [1.82, 2.24) is 0 Å². The highest BCUT2D eigenvalue weighted by Gasteiger charge is 2.68. The van der Waals surface area contributed by atoms with E-state index in [9.17, 15) is 4.79 Å². The molecule has 1 aromatic carbocycles. The monoisotopic (exact) mass is 258 g/mol. The van der Waals surface area contributed by atoms with Crippen LogP contribution in [0.5, 0.6) is 0 Å². The van der Waals surface area contributed by atoms with Crippen LogP contribution in [0.4, 0.5) is 0 Å². The summed E-state index contributed by atoms with van der Waals surface area (Å²) in [5, 5.41) is 3.14. The second kappa shape index (κ2) is 3.45. The molecule has 0 spiro atoms. The van der Waals surface area contributed by atoms with Gasteiger partial charge in [-0.25, -0.2) is 0 Å². The minimum absolute atomic E-state index is 0.118. The Balaban J connectivity index is 2.05. The standard InChI is InChI=1S/C16H18OS/c1-15(2)14(16(15,3)4)13(17)11-9-18-12-8-6-5-7-10(11)12/h5-9,14H,1-4H3. The lowest BCUT2D eigenvalue weighted by Gasteiger charge is -2.03. The van der Waals surface area contributed by atoms with Gasteiger partial charge in [0.25, 0.3) is 0 Å². The number of carbonyl (C=O) groups is 1. The highest BCUT2D eigenvalue weighted by atomic mass is 32.1. The van der Waals surface area contributed by atoms with Gasteiger partial charge in [0.2, 0.25) is 0 Å². The maximum atomic E-state index is 12.7. The van der Waals surface area contributed by atoms with Crippen LogP contribution < -0.4 is 0 Å². The third-order valence-corrected chi connectivity index (χ3v) is 5.99. The zero-order valence-corrected chi connectivity index (χ0v) is 12.1. The van der Waals surface area contributed by atoms with Crippen LogP contribution in [-0.4, -0.2) is 5.78 Å². The fourth-order valence-electron chi connectivity index (χ4n) is 3.18. The van der Waals surface area contributed by atoms with Gasteiger partial charge in [-0.1, -0.05) is 45.9 Å². The van der Waals surface area contributed by atoms with Gasteiger partial charge < -0.3 is 0 Å². The summed E-state index contributed by atoms with van der Waals surface area (Å²) in [7, 11) is 0. The van der Waals surface area contributed by atoms with Crippen molar-refractivity contribution in [3.63, 3.8) is 0 Å². The summed E-state index contributed by atoms with van der Waals surface area (Å²) in [6.07, 6.45) is 0. The molecule has 2 heteroatoms. The number of hydrogen-bond acceptors (Lipinski definition) is 2. The van der Waals surface area contributed by atoms with Gasteiger partial charge in [0.1, 0.15) is 0 Å². The molecule has 0 amide bonds. The molecule has 0 N–H and O–H groups in total. The summed E-state index contributed by atoms with van der Waals surface area (Å²) in [6.45, 7) is 8.79. The van der Waals surface area contributed by atoms with Crippen molar-refractivity contribution in [2.75, 3.05) is 0 Å². The largest absolute Gasteiger partial charge is 0.294 e. The molecule has 18 heavy (non-hydrogen) atoms. The molecular weight excluding hydrogens is 240 g/mol. The molecule has 1 heterocycles. The van der Waals surface area contributed by atoms with Gasteiger partial charge in [-0.3, -0.25) is 4.79 Å². The highest BCUT2D eigenvalue weighted by Crippen LogP contribution is 2.69. The summed E-state index contributed by atoms with van der Waals surface area (Å²) in [6, 6.07) is 8.18. The maximum Gasteiger partial charge on any atom is 0.168 e. The summed E-state index contributed by atoms with van der Waals surface area (Å²) in [4.78, 5) is 12.7. The fourth-order valence-corrected chi connectivity index (χ4v) is 4.13. The molecule has 0 bridgehead atoms. The molecule has 0 saturated heterocycles. The molecule has 0 radical (unpaired) electrons. The summed E-state index contributed by atoms with van der Waals surface area (Å²) >= 11 is 1.67. The molecule has 0 unspecified atom stereocenters. The smallest absolute Gasteiger partial charge is 0.168 e. The van der Waals surface area contributed by atoms with Gasteiger partial charge in [0.15, 0.2) is 5.78 Å². The highest BCUT2D eigenvalue weighted by molar-refractivity contribution is 7.17. The van der Waals surface area contributed by atoms with E-state index >= 15 is 0 Å². The van der Waals surface area contributed by atoms with Crippen molar-refractivity contribution in [1.29, 1.82) is 0 Å². The number of thiophene rings is 1. The minimum Gasteiger partial charge on any atom is -0.294 e. The number of rotatable bonds is 2. The molecule has 0 atom stereocenters. The normalized spacial score (nSPS) is 21.1. The van der Waals surface area contributed by atoms with E-state index in [4.69, 9.17) is 0 Å². The zero-order valence-electron chi connectivity index (χ0n) is 11.3. The molecule has 1 aromatic heterocycles. The molecule has 1 saturated carbocycles. The Hall–Kier alpha value is -1.15. The quantitative estimate of drug-likeness (QED) is 0.709. The Morgan fingerprint density at radius 2 is 1.72 bits per heavy atom. The first-order valence-electron chi connectivity index (χ1n) is 6.38. The van der Waals surface area contributed by atoms with Crippen LogP contribution in [0.2, 0.25) is 0 Å². The SMILES string of the molecule is CC1(C)C(C(=O)c2csc3ccccc23)C1(C)C. The number of hydrogen-bond donors (Lipinski definition) is 0. The Morgan fingerprint density at radius 1 is 1.11 bits per heavy atom. The van der Waals surface area contributed by atoms with E-state index in [0.717, 1.165) is 10.9 Å². The fraction of sp³-hybridized carbons (Fsp3) is 0.438. The number of fused-ring (bicyclic) bond motifs is 1. The van der Waals surface area contributed by atoms with Crippen molar-refractivity contribution in [2.45, 2.75) is 27.7 Å². The first-order chi connectivity index (χ1) is 8.37. The van der Waals surface area contributed by atoms with Gasteiger partial charge in [0.05, 0.1) is 0 Å². The summed E-state index contributed by atoms with van der Waals surface area (Å²) in [5.74, 6) is 0.477. The van der Waals surface area contributed by atoms with Gasteiger partial charge in [0, 0.05) is 26.9 Å². The summed E-state index contributed by atoms with van der Waals surface area (Å²) < 4.78 is 1.21. The van der Waals surface area contributed by atoms with E-state index in [1.807, 2.05) is 17.5 Å². The van der Waals surface area contributed by atoms with Crippen LogP contribution in [0.3, 0.4) is 0 Å². The van der Waals surface area contributed by atoms with Crippen LogP contribution in [0.1, 0.15) is 38.1 Å². The Labute approximate surface area is 112 Å². The number of Topliss-reactive ketones (excluding diaryl/α,β-unsaturated/α-hetero) is 1. The minimum atomic E-state index is 0.118. The molecule has 1 aliphatic rings. The summed E-state index contributed by atoms with van der Waals surface area (Å²) in [5.41, 5.74) is 1.15. The van der Waals surface area contributed by atoms with Gasteiger partial charge in [-0.15, -0.1) is 11.3 Å². The third-order valence-electron chi connectivity index (χ3n) is 5.03. The number of ketones is 1. The molecule has 0 aliphatic heterocycles. The Morgan fingerprint density at radius 3 is 2.33 bits per heavy atom. The molecule has 1 aliphatic carbocycles. The topological polar surface area (TPSA) is 17.1 Å². The van der Waals surface area contributed by atoms with E-state index in [1.54, 1.807) is 11.3 Å². The van der Waals surface area contributed by atoms with Gasteiger partial charge >= 0.3 is 0 Å². The van der Waals surface area contributed by atoms with Gasteiger partial charge in [-0.2, -0.15) is 0 Å². The number of carbonyl (C=O) groups excluding carboxylic acids is 1. The molecule has 94 valence electrons. The predicted octanol–water partition coefficient (Wildman–Crippen LogP) is 4.77. The number of benzene rings is 1. The Bertz CT molecular complexity index is 619. The van der Waals surface area contributed by atoms with E-state index in [-0.39, 0.29) is 16.7 Å². The van der Waals surface area contributed by atoms with Crippen molar-refractivity contribution < 1.29 is 4.79 Å². The molecule has 2 aromatic rings. The van der Waals surface area contributed by atoms with Crippen molar-refractivity contribution in [2.24, 2.45) is 16.7 Å². The van der Waals surface area contributed by atoms with E-state index in [2.05, 4.69) is 39.8 Å². The third kappa shape index (κ3) is 1.36. The average Bonchev–Trinajstić information content (AvgIpc) is 2.66. The van der Waals surface area contributed by atoms with Crippen LogP contribution in [0, 0.1) is 16.7 Å². The molecule has 3 rings (SSSR count). The van der Waals surface area contributed by atoms with Crippen LogP contribution in [0.25, 0.3) is 10.1 Å². The lowest BCUT2D eigenvalue weighted by molar-refractivity contribution is 0.0947. The molecule has 1 fully saturated rings. The maximum absolute atomic E-state index is 12.7. The zero-order chi connectivity index (χ0) is 13.1. The van der Waals surface area contributed by atoms with E-state index in [1.165, 1.54) is 4.70 Å². The van der Waals surface area contributed by atoms with E-state index in [0.29, 0.717) is 5.78 Å². The van der Waals surface area contributed by atoms with Crippen LogP contribution in [0.15, 0.2) is 29.6 Å². The first kappa shape index (κ1) is 11.9. The molecular formula is C16H18OS. The average molecular weight is 258 g/mol. The first-order valence-corrected chi connectivity index (χ1v) is 7.26. The predicted molar refractivity (Wildman–Crippen MR) is 77.2 cm³/mol. The second-order valence-electron chi connectivity index (χ2n) is 6.39. The second-order valence-corrected chi connectivity index (χ2v) is 7.30. The van der Waals surface area contributed by atoms with Crippen LogP contribution in [-0.2, 0) is 0 Å². The Kier molecular flexibility index (Phi) is 2.28. The van der Waals surface area contributed by atoms with Gasteiger partial charge in [-0.05, 0) is 16.9 Å². The van der Waals surface area contributed by atoms with Crippen molar-refractivity contribution >= 4 is 27.2 Å². The van der Waals surface area contributed by atoms with Crippen molar-refractivity contribution in [3.8, 4) is 0 Å². The lowest BCUT2D eigenvalue weighted by Crippen LogP contribution is -2.06. The molecule has 1 nitrogen and oxygen atoms in total. The van der Waals surface area contributed by atoms with Crippen molar-refractivity contribution in [3.05, 3.63) is 35.2 Å². The van der Waals surface area contributed by atoms with E-state index < -0.39 is 0 Å². The van der Waals surface area contributed by atoms with Crippen LogP contribution >= 0.6 is 11.3 Å².